The fourth-order valence-electron chi connectivity index (χ4n) is 1.54. The molecule has 0 aliphatic heterocycles. The van der Waals surface area contributed by atoms with Crippen LogP contribution in [0.25, 0.3) is 0 Å². The van der Waals surface area contributed by atoms with Gasteiger partial charge in [0.1, 0.15) is 6.04 Å². The van der Waals surface area contributed by atoms with Crippen LogP contribution in [-0.4, -0.2) is 25.5 Å². The minimum atomic E-state index is -0.205. The van der Waals surface area contributed by atoms with Gasteiger partial charge in [0.2, 0.25) is 5.91 Å². The first-order chi connectivity index (χ1) is 8.06. The molecule has 0 spiro atoms. The van der Waals surface area contributed by atoms with Gasteiger partial charge in [-0.3, -0.25) is 4.79 Å². The summed E-state index contributed by atoms with van der Waals surface area (Å²) < 4.78 is 0. The Kier molecular flexibility index (Phi) is 4.82. The summed E-state index contributed by atoms with van der Waals surface area (Å²) in [6.07, 6.45) is 0.945. The van der Waals surface area contributed by atoms with Gasteiger partial charge in [0, 0.05) is 25.0 Å². The predicted molar refractivity (Wildman–Crippen MR) is 72.0 cm³/mol. The second kappa shape index (κ2) is 6.13. The molecule has 4 heteroatoms. The highest BCUT2D eigenvalue weighted by atomic mass is 16.2. The first-order valence-electron chi connectivity index (χ1n) is 5.92. The van der Waals surface area contributed by atoms with Crippen LogP contribution in [-0.2, 0) is 4.79 Å². The van der Waals surface area contributed by atoms with Crippen LogP contribution in [0, 0.1) is 0 Å². The van der Waals surface area contributed by atoms with Crippen LogP contribution in [0.5, 0.6) is 0 Å². The number of likely N-dealkylation sites (N-methyl/N-ethyl adjacent to an activating group) is 1. The van der Waals surface area contributed by atoms with Crippen molar-refractivity contribution < 1.29 is 4.79 Å². The van der Waals surface area contributed by atoms with E-state index in [1.54, 1.807) is 0 Å². The Hall–Kier alpha value is -1.71. The van der Waals surface area contributed by atoms with Gasteiger partial charge in [-0.2, -0.15) is 0 Å². The number of hydrogen-bond acceptors (Lipinski definition) is 3. The molecule has 17 heavy (non-hydrogen) atoms. The summed E-state index contributed by atoms with van der Waals surface area (Å²) in [5, 5.41) is 2.89. The van der Waals surface area contributed by atoms with Gasteiger partial charge in [0.15, 0.2) is 0 Å². The summed E-state index contributed by atoms with van der Waals surface area (Å²) >= 11 is 0. The van der Waals surface area contributed by atoms with Gasteiger partial charge in [-0.05, 0) is 31.5 Å². The van der Waals surface area contributed by atoms with Crippen molar-refractivity contribution in [3.63, 3.8) is 0 Å². The molecule has 1 unspecified atom stereocenters. The lowest BCUT2D eigenvalue weighted by Crippen LogP contribution is -2.43. The lowest BCUT2D eigenvalue weighted by atomic mass is 10.2. The summed E-state index contributed by atoms with van der Waals surface area (Å²) in [5.74, 6) is 0.0387. The molecular weight excluding hydrogens is 214 g/mol. The summed E-state index contributed by atoms with van der Waals surface area (Å²) in [7, 11) is 1.89. The highest BCUT2D eigenvalue weighted by Gasteiger charge is 2.17. The molecule has 3 N–H and O–H groups in total. The smallest absolute Gasteiger partial charge is 0.242 e. The normalized spacial score (nSPS) is 11.9. The third-order valence-corrected chi connectivity index (χ3v) is 2.79. The fraction of sp³-hybridized carbons (Fsp3) is 0.462. The van der Waals surface area contributed by atoms with E-state index in [1.165, 1.54) is 0 Å². The Balaban J connectivity index is 2.69. The molecule has 0 radical (unpaired) electrons. The van der Waals surface area contributed by atoms with Crippen LogP contribution in [0.15, 0.2) is 24.3 Å². The highest BCUT2D eigenvalue weighted by molar-refractivity contribution is 5.84. The lowest BCUT2D eigenvalue weighted by molar-refractivity contribution is -0.121. The number of carbonyl (C=O) groups is 1. The largest absolute Gasteiger partial charge is 0.399 e. The SMILES string of the molecule is CCCNC(=O)C(C)N(C)c1cccc(N)c1. The van der Waals surface area contributed by atoms with E-state index in [4.69, 9.17) is 5.73 Å². The summed E-state index contributed by atoms with van der Waals surface area (Å²) in [6, 6.07) is 7.32. The number of nitrogens with two attached hydrogens (primary N) is 1. The van der Waals surface area contributed by atoms with Crippen molar-refractivity contribution in [2.75, 3.05) is 24.2 Å². The molecule has 0 aliphatic rings. The average molecular weight is 235 g/mol. The van der Waals surface area contributed by atoms with Gasteiger partial charge in [-0.1, -0.05) is 13.0 Å². The van der Waals surface area contributed by atoms with E-state index in [0.29, 0.717) is 12.2 Å². The monoisotopic (exact) mass is 235 g/mol. The zero-order chi connectivity index (χ0) is 12.8. The van der Waals surface area contributed by atoms with E-state index in [2.05, 4.69) is 5.32 Å². The maximum atomic E-state index is 11.8. The van der Waals surface area contributed by atoms with E-state index >= 15 is 0 Å². The Morgan fingerprint density at radius 3 is 2.82 bits per heavy atom. The van der Waals surface area contributed by atoms with Crippen molar-refractivity contribution >= 4 is 17.3 Å². The molecule has 0 fully saturated rings. The second-order valence-electron chi connectivity index (χ2n) is 4.17. The third kappa shape index (κ3) is 3.66. The van der Waals surface area contributed by atoms with Crippen LogP contribution < -0.4 is 16.0 Å². The van der Waals surface area contributed by atoms with Gasteiger partial charge in [0.25, 0.3) is 0 Å². The van der Waals surface area contributed by atoms with Crippen LogP contribution >= 0.6 is 0 Å². The van der Waals surface area contributed by atoms with Crippen molar-refractivity contribution in [3.8, 4) is 0 Å². The molecule has 4 nitrogen and oxygen atoms in total. The maximum Gasteiger partial charge on any atom is 0.242 e. The minimum absolute atomic E-state index is 0.0387. The molecule has 94 valence electrons. The Morgan fingerprint density at radius 2 is 2.24 bits per heavy atom. The Bertz CT molecular complexity index is 379. The molecule has 0 aliphatic carbocycles. The summed E-state index contributed by atoms with van der Waals surface area (Å²) in [6.45, 7) is 4.63. The highest BCUT2D eigenvalue weighted by Crippen LogP contribution is 2.18. The molecule has 1 aromatic rings. The van der Waals surface area contributed by atoms with Gasteiger partial charge in [0.05, 0.1) is 0 Å². The van der Waals surface area contributed by atoms with E-state index in [0.717, 1.165) is 12.1 Å². The van der Waals surface area contributed by atoms with E-state index in [1.807, 2.05) is 50.1 Å². The van der Waals surface area contributed by atoms with E-state index < -0.39 is 0 Å². The van der Waals surface area contributed by atoms with E-state index in [-0.39, 0.29) is 11.9 Å². The fourth-order valence-corrected chi connectivity index (χ4v) is 1.54. The molecule has 1 amide bonds. The number of rotatable bonds is 5. The van der Waals surface area contributed by atoms with Crippen molar-refractivity contribution in [1.82, 2.24) is 5.32 Å². The minimum Gasteiger partial charge on any atom is -0.399 e. The predicted octanol–water partition coefficient (Wildman–Crippen LogP) is 1.62. The number of anilines is 2. The molecule has 1 atom stereocenters. The topological polar surface area (TPSA) is 58.4 Å². The van der Waals surface area contributed by atoms with Crippen molar-refractivity contribution in [3.05, 3.63) is 24.3 Å². The zero-order valence-electron chi connectivity index (χ0n) is 10.7. The number of nitrogens with zero attached hydrogens (tertiary/aromatic N) is 1. The molecule has 0 saturated carbocycles. The molecule has 0 aromatic heterocycles. The second-order valence-corrected chi connectivity index (χ2v) is 4.17. The van der Waals surface area contributed by atoms with Crippen LogP contribution in [0.4, 0.5) is 11.4 Å². The average Bonchev–Trinajstić information content (AvgIpc) is 2.34. The Morgan fingerprint density at radius 1 is 1.53 bits per heavy atom. The van der Waals surface area contributed by atoms with Gasteiger partial charge >= 0.3 is 0 Å². The number of carbonyl (C=O) groups excluding carboxylic acids is 1. The summed E-state index contributed by atoms with van der Waals surface area (Å²) in [5.41, 5.74) is 7.38. The van der Waals surface area contributed by atoms with Crippen molar-refractivity contribution in [2.24, 2.45) is 0 Å². The molecule has 0 heterocycles. The number of amides is 1. The van der Waals surface area contributed by atoms with Gasteiger partial charge in [-0.25, -0.2) is 0 Å². The van der Waals surface area contributed by atoms with Crippen LogP contribution in [0.3, 0.4) is 0 Å². The molecule has 1 rings (SSSR count). The van der Waals surface area contributed by atoms with Crippen molar-refractivity contribution in [1.29, 1.82) is 0 Å². The van der Waals surface area contributed by atoms with E-state index in [9.17, 15) is 4.79 Å². The number of nitrogen functional groups attached to an aromatic ring is 1. The van der Waals surface area contributed by atoms with Crippen LogP contribution in [0.1, 0.15) is 20.3 Å². The number of hydrogen-bond donors (Lipinski definition) is 2. The molecule has 1 aromatic carbocycles. The maximum absolute atomic E-state index is 11.8. The van der Waals surface area contributed by atoms with Crippen LogP contribution in [0.2, 0.25) is 0 Å². The first kappa shape index (κ1) is 13.4. The van der Waals surface area contributed by atoms with Gasteiger partial charge in [-0.15, -0.1) is 0 Å². The molecular formula is C13H21N3O. The molecule has 0 bridgehead atoms. The standard InChI is InChI=1S/C13H21N3O/c1-4-8-15-13(17)10(2)16(3)12-7-5-6-11(14)9-12/h5-7,9-10H,4,8,14H2,1-3H3,(H,15,17). The lowest BCUT2D eigenvalue weighted by Gasteiger charge is -2.26. The van der Waals surface area contributed by atoms with Crippen molar-refractivity contribution in [2.45, 2.75) is 26.3 Å². The first-order valence-corrected chi connectivity index (χ1v) is 5.92. The molecule has 0 saturated heterocycles. The number of nitrogens with one attached hydrogen (secondary N) is 1. The Labute approximate surface area is 103 Å². The number of benzene rings is 1. The third-order valence-electron chi connectivity index (χ3n) is 2.79. The summed E-state index contributed by atoms with van der Waals surface area (Å²) in [4.78, 5) is 13.7. The zero-order valence-corrected chi connectivity index (χ0v) is 10.7. The quantitative estimate of drug-likeness (QED) is 0.762. The van der Waals surface area contributed by atoms with Gasteiger partial charge < -0.3 is 16.0 Å².